The first kappa shape index (κ1) is 18.0. The molecule has 0 saturated carbocycles. The van der Waals surface area contributed by atoms with Gasteiger partial charge in [-0.3, -0.25) is 4.79 Å². The highest BCUT2D eigenvalue weighted by Gasteiger charge is 2.14. The van der Waals surface area contributed by atoms with Crippen LogP contribution in [0.1, 0.15) is 42.5 Å². The number of amides is 1. The van der Waals surface area contributed by atoms with Crippen LogP contribution < -0.4 is 10.1 Å². The summed E-state index contributed by atoms with van der Waals surface area (Å²) in [5.41, 5.74) is 3.08. The number of carbonyl (C=O) groups is 1. The van der Waals surface area contributed by atoms with Crippen molar-refractivity contribution in [1.82, 2.24) is 5.32 Å². The van der Waals surface area contributed by atoms with Crippen LogP contribution in [-0.4, -0.2) is 13.0 Å². The first-order chi connectivity index (χ1) is 11.5. The number of halogens is 1. The smallest absolute Gasteiger partial charge is 0.220 e. The van der Waals surface area contributed by atoms with E-state index in [0.29, 0.717) is 12.8 Å². The number of hydrogen-bond donors (Lipinski definition) is 1. The van der Waals surface area contributed by atoms with E-state index in [4.69, 9.17) is 4.74 Å². The van der Waals surface area contributed by atoms with Crippen molar-refractivity contribution in [3.8, 4) is 5.75 Å². The van der Waals surface area contributed by atoms with Gasteiger partial charge in [-0.25, -0.2) is 4.39 Å². The Hall–Kier alpha value is -2.36. The van der Waals surface area contributed by atoms with Gasteiger partial charge in [0.2, 0.25) is 5.91 Å². The Labute approximate surface area is 142 Å². The van der Waals surface area contributed by atoms with Crippen molar-refractivity contribution in [3.63, 3.8) is 0 Å². The number of ether oxygens (including phenoxy) is 1. The van der Waals surface area contributed by atoms with Crippen LogP contribution in [0.5, 0.6) is 5.75 Å². The summed E-state index contributed by atoms with van der Waals surface area (Å²) in [6.45, 7) is 4.04. The average Bonchev–Trinajstić information content (AvgIpc) is 2.59. The van der Waals surface area contributed by atoms with Crippen LogP contribution in [0.15, 0.2) is 42.5 Å². The molecule has 4 heteroatoms. The molecule has 2 aromatic rings. The molecule has 0 bridgehead atoms. The number of benzene rings is 2. The van der Waals surface area contributed by atoms with E-state index >= 15 is 0 Å². The molecule has 2 rings (SSSR count). The molecule has 2 aromatic carbocycles. The Kier molecular flexibility index (Phi) is 6.36. The number of rotatable bonds is 7. The summed E-state index contributed by atoms with van der Waals surface area (Å²) in [7, 11) is 1.65. The molecular formula is C20H24FNO2. The summed E-state index contributed by atoms with van der Waals surface area (Å²) in [6.07, 6.45) is 1.80. The second-order valence-electron chi connectivity index (χ2n) is 5.88. The van der Waals surface area contributed by atoms with Gasteiger partial charge in [-0.05, 0) is 54.7 Å². The lowest BCUT2D eigenvalue weighted by atomic mass is 10.0. The van der Waals surface area contributed by atoms with E-state index < -0.39 is 0 Å². The summed E-state index contributed by atoms with van der Waals surface area (Å²) in [6, 6.07) is 12.2. The Morgan fingerprint density at radius 2 is 1.92 bits per heavy atom. The SMILES string of the molecule is CC[C@@H](NC(=O)CCc1ccc(F)cc1)c1ccc(OC)c(C)c1. The maximum atomic E-state index is 12.9. The lowest BCUT2D eigenvalue weighted by Crippen LogP contribution is -2.28. The zero-order chi connectivity index (χ0) is 17.5. The summed E-state index contributed by atoms with van der Waals surface area (Å²) < 4.78 is 18.2. The molecule has 3 nitrogen and oxygen atoms in total. The maximum Gasteiger partial charge on any atom is 0.220 e. The monoisotopic (exact) mass is 329 g/mol. The van der Waals surface area contributed by atoms with Gasteiger partial charge in [0.15, 0.2) is 0 Å². The summed E-state index contributed by atoms with van der Waals surface area (Å²) >= 11 is 0. The molecule has 1 N–H and O–H groups in total. The van der Waals surface area contributed by atoms with Gasteiger partial charge in [-0.1, -0.05) is 31.2 Å². The van der Waals surface area contributed by atoms with Gasteiger partial charge in [0.25, 0.3) is 0 Å². The predicted octanol–water partition coefficient (Wildman–Crippen LogP) is 4.34. The van der Waals surface area contributed by atoms with Crippen molar-refractivity contribution in [2.75, 3.05) is 7.11 Å². The van der Waals surface area contributed by atoms with Crippen LogP contribution in [0.25, 0.3) is 0 Å². The normalized spacial score (nSPS) is 11.8. The largest absolute Gasteiger partial charge is 0.496 e. The Balaban J connectivity index is 1.95. The highest BCUT2D eigenvalue weighted by atomic mass is 19.1. The van der Waals surface area contributed by atoms with Crippen molar-refractivity contribution in [2.24, 2.45) is 0 Å². The molecule has 1 amide bonds. The maximum absolute atomic E-state index is 12.9. The van der Waals surface area contributed by atoms with Crippen LogP contribution in [-0.2, 0) is 11.2 Å². The first-order valence-corrected chi connectivity index (χ1v) is 8.21. The molecule has 0 saturated heterocycles. The van der Waals surface area contributed by atoms with Gasteiger partial charge < -0.3 is 10.1 Å². The second-order valence-corrected chi connectivity index (χ2v) is 5.88. The lowest BCUT2D eigenvalue weighted by Gasteiger charge is -2.19. The third-order valence-corrected chi connectivity index (χ3v) is 4.12. The van der Waals surface area contributed by atoms with Crippen LogP contribution in [0, 0.1) is 12.7 Å². The predicted molar refractivity (Wildman–Crippen MR) is 93.6 cm³/mol. The molecule has 0 spiro atoms. The third kappa shape index (κ3) is 4.82. The summed E-state index contributed by atoms with van der Waals surface area (Å²) in [5, 5.41) is 3.08. The van der Waals surface area contributed by atoms with Gasteiger partial charge in [0, 0.05) is 6.42 Å². The third-order valence-electron chi connectivity index (χ3n) is 4.12. The fourth-order valence-corrected chi connectivity index (χ4v) is 2.71. The first-order valence-electron chi connectivity index (χ1n) is 8.21. The molecule has 24 heavy (non-hydrogen) atoms. The van der Waals surface area contributed by atoms with Crippen LogP contribution in [0.4, 0.5) is 4.39 Å². The summed E-state index contributed by atoms with van der Waals surface area (Å²) in [4.78, 5) is 12.2. The number of hydrogen-bond acceptors (Lipinski definition) is 2. The van der Waals surface area contributed by atoms with Crippen molar-refractivity contribution in [2.45, 2.75) is 39.2 Å². The van der Waals surface area contributed by atoms with Gasteiger partial charge in [-0.2, -0.15) is 0 Å². The zero-order valence-corrected chi connectivity index (χ0v) is 14.4. The minimum absolute atomic E-state index is 0.000328. The van der Waals surface area contributed by atoms with Crippen LogP contribution in [0.3, 0.4) is 0 Å². The number of methoxy groups -OCH3 is 1. The van der Waals surface area contributed by atoms with Gasteiger partial charge in [0.05, 0.1) is 13.2 Å². The Morgan fingerprint density at radius 1 is 1.21 bits per heavy atom. The molecule has 0 fully saturated rings. The molecular weight excluding hydrogens is 305 g/mol. The number of carbonyl (C=O) groups excluding carboxylic acids is 1. The standard InChI is InChI=1S/C20H24FNO2/c1-4-18(16-8-11-19(24-3)14(2)13-16)22-20(23)12-7-15-5-9-17(21)10-6-15/h5-6,8-11,13,18H,4,7,12H2,1-3H3,(H,22,23)/t18-/m1/s1. The second kappa shape index (κ2) is 8.48. The molecule has 0 aromatic heterocycles. The molecule has 0 heterocycles. The Bertz CT molecular complexity index is 683. The van der Waals surface area contributed by atoms with E-state index in [2.05, 4.69) is 5.32 Å². The van der Waals surface area contributed by atoms with E-state index in [1.165, 1.54) is 12.1 Å². The minimum Gasteiger partial charge on any atom is -0.496 e. The van der Waals surface area contributed by atoms with Gasteiger partial charge >= 0.3 is 0 Å². The molecule has 128 valence electrons. The van der Waals surface area contributed by atoms with E-state index in [-0.39, 0.29) is 17.8 Å². The quantitative estimate of drug-likeness (QED) is 0.820. The average molecular weight is 329 g/mol. The molecule has 0 radical (unpaired) electrons. The van der Waals surface area contributed by atoms with Gasteiger partial charge in [-0.15, -0.1) is 0 Å². The van der Waals surface area contributed by atoms with E-state index in [1.807, 2.05) is 32.0 Å². The van der Waals surface area contributed by atoms with Crippen molar-refractivity contribution >= 4 is 5.91 Å². The minimum atomic E-state index is -0.260. The topological polar surface area (TPSA) is 38.3 Å². The molecule has 0 aliphatic heterocycles. The lowest BCUT2D eigenvalue weighted by molar-refractivity contribution is -0.121. The highest BCUT2D eigenvalue weighted by molar-refractivity contribution is 5.76. The molecule has 0 aliphatic carbocycles. The fourth-order valence-electron chi connectivity index (χ4n) is 2.71. The zero-order valence-electron chi connectivity index (χ0n) is 14.4. The molecule has 0 unspecified atom stereocenters. The molecule has 1 atom stereocenters. The van der Waals surface area contributed by atoms with Crippen molar-refractivity contribution in [3.05, 3.63) is 65.0 Å². The fraction of sp³-hybridized carbons (Fsp3) is 0.350. The van der Waals surface area contributed by atoms with Crippen LogP contribution >= 0.6 is 0 Å². The Morgan fingerprint density at radius 3 is 2.50 bits per heavy atom. The van der Waals surface area contributed by atoms with Crippen LogP contribution in [0.2, 0.25) is 0 Å². The van der Waals surface area contributed by atoms with Crippen molar-refractivity contribution < 1.29 is 13.9 Å². The molecule has 0 aliphatic rings. The number of nitrogens with one attached hydrogen (secondary N) is 1. The van der Waals surface area contributed by atoms with Crippen molar-refractivity contribution in [1.29, 1.82) is 0 Å². The summed E-state index contributed by atoms with van der Waals surface area (Å²) in [5.74, 6) is 0.583. The van der Waals surface area contributed by atoms with E-state index in [0.717, 1.165) is 28.9 Å². The van der Waals surface area contributed by atoms with Gasteiger partial charge in [0.1, 0.15) is 11.6 Å². The van der Waals surface area contributed by atoms with E-state index in [9.17, 15) is 9.18 Å². The number of aryl methyl sites for hydroxylation is 2. The highest BCUT2D eigenvalue weighted by Crippen LogP contribution is 2.24. The van der Waals surface area contributed by atoms with E-state index in [1.54, 1.807) is 19.2 Å².